The van der Waals surface area contributed by atoms with Gasteiger partial charge in [-0.15, -0.1) is 0 Å². The molecular weight excluding hydrogens is 434 g/mol. The molecule has 2 aliphatic heterocycles. The molecule has 1 aromatic heterocycles. The van der Waals surface area contributed by atoms with Crippen molar-refractivity contribution >= 4 is 39.1 Å². The van der Waals surface area contributed by atoms with Crippen molar-refractivity contribution in [3.63, 3.8) is 0 Å². The van der Waals surface area contributed by atoms with Crippen molar-refractivity contribution in [1.29, 1.82) is 0 Å². The van der Waals surface area contributed by atoms with E-state index in [2.05, 4.69) is 9.88 Å². The van der Waals surface area contributed by atoms with Crippen LogP contribution in [0.2, 0.25) is 5.02 Å². The molecule has 162 valence electrons. The Bertz CT molecular complexity index is 1070. The highest BCUT2D eigenvalue weighted by molar-refractivity contribution is 7.20. The van der Waals surface area contributed by atoms with Crippen molar-refractivity contribution in [3.8, 4) is 16.7 Å². The lowest BCUT2D eigenvalue weighted by Crippen LogP contribution is -2.55. The maximum absolute atomic E-state index is 11.7. The van der Waals surface area contributed by atoms with Gasteiger partial charge in [0.25, 0.3) is 5.19 Å². The number of thiazole rings is 1. The van der Waals surface area contributed by atoms with Gasteiger partial charge in [-0.2, -0.15) is 0 Å². The lowest BCUT2D eigenvalue weighted by Gasteiger charge is -2.40. The van der Waals surface area contributed by atoms with Crippen molar-refractivity contribution in [1.82, 2.24) is 14.8 Å². The number of hydrogen-bond acceptors (Lipinski definition) is 6. The molecule has 8 heteroatoms. The third kappa shape index (κ3) is 4.35. The van der Waals surface area contributed by atoms with Gasteiger partial charge in [0.05, 0.1) is 15.2 Å². The molecule has 2 aliphatic rings. The number of hydrogen-bond donors (Lipinski definition) is 0. The van der Waals surface area contributed by atoms with Gasteiger partial charge in [0.1, 0.15) is 18.1 Å². The van der Waals surface area contributed by atoms with Crippen LogP contribution in [0, 0.1) is 0 Å². The fraction of sp³-hybridized carbons (Fsp3) is 0.391. The molecule has 2 fully saturated rings. The predicted molar refractivity (Wildman–Crippen MR) is 122 cm³/mol. The van der Waals surface area contributed by atoms with E-state index in [0.717, 1.165) is 48.4 Å². The molecule has 31 heavy (non-hydrogen) atoms. The van der Waals surface area contributed by atoms with Crippen molar-refractivity contribution in [2.45, 2.75) is 31.8 Å². The number of benzene rings is 2. The Labute approximate surface area is 190 Å². The first-order valence-corrected chi connectivity index (χ1v) is 11.7. The summed E-state index contributed by atoms with van der Waals surface area (Å²) in [5.74, 6) is 1.71. The van der Waals surface area contributed by atoms with Crippen molar-refractivity contribution in [3.05, 3.63) is 47.5 Å². The molecule has 0 unspecified atom stereocenters. The first-order chi connectivity index (χ1) is 15.1. The summed E-state index contributed by atoms with van der Waals surface area (Å²) >= 11 is 7.65. The Morgan fingerprint density at radius 2 is 1.84 bits per heavy atom. The molecule has 2 bridgehead atoms. The monoisotopic (exact) mass is 457 g/mol. The topological polar surface area (TPSA) is 54.9 Å². The number of carbonyl (C=O) groups excluding carboxylic acids is 1. The van der Waals surface area contributed by atoms with Crippen molar-refractivity contribution < 1.29 is 14.3 Å². The van der Waals surface area contributed by atoms with Gasteiger partial charge in [-0.05, 0) is 49.2 Å². The Morgan fingerprint density at radius 1 is 1.13 bits per heavy atom. The molecule has 5 rings (SSSR count). The van der Waals surface area contributed by atoms with Gasteiger partial charge in [-0.25, -0.2) is 4.98 Å². The summed E-state index contributed by atoms with van der Waals surface area (Å²) in [6, 6.07) is 14.2. The first-order valence-electron chi connectivity index (χ1n) is 10.5. The van der Waals surface area contributed by atoms with Crippen LogP contribution in [0.15, 0.2) is 42.5 Å². The number of likely N-dealkylation sites (tertiary alicyclic amines) is 1. The summed E-state index contributed by atoms with van der Waals surface area (Å²) in [6.45, 7) is 4.86. The average Bonchev–Trinajstić information content (AvgIpc) is 3.26. The number of ether oxygens (including phenoxy) is 2. The molecular formula is C23H24ClN3O3S. The molecule has 2 saturated heterocycles. The SMILES string of the molecule is CC(=O)N1C[C@H]2CC[C@@H](C1)N2CCOc1ccc(Oc2nc3cccc(Cl)c3s2)cc1. The molecule has 0 aliphatic carbocycles. The van der Waals surface area contributed by atoms with Gasteiger partial charge >= 0.3 is 0 Å². The highest BCUT2D eigenvalue weighted by atomic mass is 35.5. The van der Waals surface area contributed by atoms with Crippen LogP contribution in [0.3, 0.4) is 0 Å². The van der Waals surface area contributed by atoms with Gasteiger partial charge < -0.3 is 14.4 Å². The minimum Gasteiger partial charge on any atom is -0.492 e. The number of halogens is 1. The number of piperazine rings is 1. The van der Waals surface area contributed by atoms with Crippen LogP contribution in [0.5, 0.6) is 16.7 Å². The standard InChI is InChI=1S/C23H24ClN3O3S/c1-15(28)26-13-16-5-6-17(14-26)27(16)11-12-29-18-7-9-19(10-8-18)30-23-25-21-4-2-3-20(24)22(21)31-23/h2-4,7-10,16-17H,5-6,11-14H2,1H3/t16-,17+. The lowest BCUT2D eigenvalue weighted by atomic mass is 10.2. The normalized spacial score (nSPS) is 20.9. The summed E-state index contributed by atoms with van der Waals surface area (Å²) in [7, 11) is 0. The molecule has 2 aromatic carbocycles. The molecule has 2 atom stereocenters. The summed E-state index contributed by atoms with van der Waals surface area (Å²) in [5.41, 5.74) is 0.838. The molecule has 3 aromatic rings. The van der Waals surface area contributed by atoms with E-state index in [9.17, 15) is 4.79 Å². The number of rotatable bonds is 6. The highest BCUT2D eigenvalue weighted by Gasteiger charge is 2.40. The Morgan fingerprint density at radius 3 is 2.52 bits per heavy atom. The van der Waals surface area contributed by atoms with Crippen LogP contribution in [-0.4, -0.2) is 59.0 Å². The third-order valence-corrected chi connectivity index (χ3v) is 7.48. The van der Waals surface area contributed by atoms with E-state index in [1.54, 1.807) is 6.92 Å². The zero-order valence-corrected chi connectivity index (χ0v) is 18.9. The zero-order valence-electron chi connectivity index (χ0n) is 17.3. The lowest BCUT2D eigenvalue weighted by molar-refractivity contribution is -0.132. The molecule has 1 amide bonds. The van der Waals surface area contributed by atoms with E-state index in [1.807, 2.05) is 47.4 Å². The predicted octanol–water partition coefficient (Wildman–Crippen LogP) is 4.82. The van der Waals surface area contributed by atoms with E-state index in [4.69, 9.17) is 21.1 Å². The van der Waals surface area contributed by atoms with Crippen LogP contribution in [-0.2, 0) is 4.79 Å². The van der Waals surface area contributed by atoms with E-state index in [-0.39, 0.29) is 5.91 Å². The number of aromatic nitrogens is 1. The quantitative estimate of drug-likeness (QED) is 0.531. The summed E-state index contributed by atoms with van der Waals surface area (Å²) in [5, 5.41) is 1.25. The number of carbonyl (C=O) groups is 1. The second-order valence-electron chi connectivity index (χ2n) is 8.04. The molecule has 3 heterocycles. The third-order valence-electron chi connectivity index (χ3n) is 6.07. The van der Waals surface area contributed by atoms with E-state index < -0.39 is 0 Å². The average molecular weight is 458 g/mol. The molecule has 0 saturated carbocycles. The van der Waals surface area contributed by atoms with Gasteiger partial charge in [0, 0.05) is 38.6 Å². The minimum atomic E-state index is 0.184. The fourth-order valence-corrected chi connectivity index (χ4v) is 5.65. The molecule has 0 radical (unpaired) electrons. The van der Waals surface area contributed by atoms with Crippen LogP contribution in [0.25, 0.3) is 10.2 Å². The second kappa shape index (κ2) is 8.65. The van der Waals surface area contributed by atoms with Crippen molar-refractivity contribution in [2.24, 2.45) is 0 Å². The Balaban J connectivity index is 1.14. The maximum Gasteiger partial charge on any atom is 0.279 e. The largest absolute Gasteiger partial charge is 0.492 e. The Hall–Kier alpha value is -2.35. The van der Waals surface area contributed by atoms with E-state index in [1.165, 1.54) is 11.3 Å². The van der Waals surface area contributed by atoms with Gasteiger partial charge in [-0.3, -0.25) is 9.69 Å². The van der Waals surface area contributed by atoms with Gasteiger partial charge in [-0.1, -0.05) is 29.0 Å². The molecule has 6 nitrogen and oxygen atoms in total. The molecule has 0 spiro atoms. The molecule has 0 N–H and O–H groups in total. The fourth-order valence-electron chi connectivity index (χ4n) is 4.52. The highest BCUT2D eigenvalue weighted by Crippen LogP contribution is 2.35. The zero-order chi connectivity index (χ0) is 21.4. The van der Waals surface area contributed by atoms with Crippen LogP contribution < -0.4 is 9.47 Å². The first kappa shape index (κ1) is 20.5. The maximum atomic E-state index is 11.7. The van der Waals surface area contributed by atoms with Crippen LogP contribution >= 0.6 is 22.9 Å². The summed E-state index contributed by atoms with van der Waals surface area (Å²) in [4.78, 5) is 20.7. The second-order valence-corrected chi connectivity index (χ2v) is 9.41. The minimum absolute atomic E-state index is 0.184. The van der Waals surface area contributed by atoms with E-state index >= 15 is 0 Å². The number of fused-ring (bicyclic) bond motifs is 3. The van der Waals surface area contributed by atoms with Crippen molar-refractivity contribution in [2.75, 3.05) is 26.2 Å². The Kier molecular flexibility index (Phi) is 5.73. The van der Waals surface area contributed by atoms with Crippen LogP contribution in [0.1, 0.15) is 19.8 Å². The number of nitrogens with zero attached hydrogens (tertiary/aromatic N) is 3. The van der Waals surface area contributed by atoms with Crippen LogP contribution in [0.4, 0.5) is 0 Å². The summed E-state index contributed by atoms with van der Waals surface area (Å²) < 4.78 is 12.8. The van der Waals surface area contributed by atoms with E-state index in [0.29, 0.717) is 34.7 Å². The smallest absolute Gasteiger partial charge is 0.279 e. The van der Waals surface area contributed by atoms with Gasteiger partial charge in [0.2, 0.25) is 5.91 Å². The number of amides is 1. The van der Waals surface area contributed by atoms with Gasteiger partial charge in [0.15, 0.2) is 0 Å². The summed E-state index contributed by atoms with van der Waals surface area (Å²) in [6.07, 6.45) is 2.33.